The lowest BCUT2D eigenvalue weighted by atomic mass is 10.0. The third-order valence-electron chi connectivity index (χ3n) is 6.21. The summed E-state index contributed by atoms with van der Waals surface area (Å²) in [6.45, 7) is 2.95. The molecule has 0 aromatic heterocycles. The molecule has 1 fully saturated rings. The summed E-state index contributed by atoms with van der Waals surface area (Å²) in [4.78, 5) is 15.1. The van der Waals surface area contributed by atoms with Gasteiger partial charge in [-0.1, -0.05) is 29.8 Å². The zero-order valence-electron chi connectivity index (χ0n) is 17.8. The molecule has 8 heteroatoms. The van der Waals surface area contributed by atoms with E-state index in [-0.39, 0.29) is 27.4 Å². The van der Waals surface area contributed by atoms with E-state index in [9.17, 15) is 13.2 Å². The lowest BCUT2D eigenvalue weighted by molar-refractivity contribution is 0.0939. The Morgan fingerprint density at radius 1 is 1.26 bits per heavy atom. The van der Waals surface area contributed by atoms with Gasteiger partial charge in [-0.2, -0.15) is 0 Å². The van der Waals surface area contributed by atoms with E-state index in [4.69, 9.17) is 11.6 Å². The zero-order chi connectivity index (χ0) is 22.2. The summed E-state index contributed by atoms with van der Waals surface area (Å²) in [5, 5.41) is 3.14. The number of amides is 1. The van der Waals surface area contributed by atoms with Gasteiger partial charge >= 0.3 is 0 Å². The SMILES string of the molecule is CC(CNC(=O)c1cc(S(=O)(=O)N2CCCc3ccccc32)ccc1Cl)N(C)C1CC1. The summed E-state index contributed by atoms with van der Waals surface area (Å²) in [6, 6.07) is 12.7. The number of para-hydroxylation sites is 1. The molecular formula is C23H28ClN3O3S. The van der Waals surface area contributed by atoms with E-state index >= 15 is 0 Å². The van der Waals surface area contributed by atoms with Gasteiger partial charge in [-0.25, -0.2) is 8.42 Å². The van der Waals surface area contributed by atoms with Gasteiger partial charge in [-0.15, -0.1) is 0 Å². The highest BCUT2D eigenvalue weighted by Gasteiger charge is 2.31. The third kappa shape index (κ3) is 4.59. The summed E-state index contributed by atoms with van der Waals surface area (Å²) in [5.41, 5.74) is 1.89. The second-order valence-corrected chi connectivity index (χ2v) is 10.7. The van der Waals surface area contributed by atoms with Crippen molar-refractivity contribution in [1.82, 2.24) is 10.2 Å². The van der Waals surface area contributed by atoms with Crippen LogP contribution in [0.3, 0.4) is 0 Å². The summed E-state index contributed by atoms with van der Waals surface area (Å²) < 4.78 is 28.3. The molecule has 0 saturated heterocycles. The molecule has 4 rings (SSSR count). The molecule has 2 aromatic rings. The number of nitrogens with zero attached hydrogens (tertiary/aromatic N) is 2. The number of carbonyl (C=O) groups is 1. The van der Waals surface area contributed by atoms with Crippen molar-refractivity contribution < 1.29 is 13.2 Å². The predicted octanol–water partition coefficient (Wildman–Crippen LogP) is 3.69. The monoisotopic (exact) mass is 461 g/mol. The number of hydrogen-bond donors (Lipinski definition) is 1. The number of likely N-dealkylation sites (N-methyl/N-ethyl adjacent to an activating group) is 1. The molecular weight excluding hydrogens is 434 g/mol. The molecule has 1 atom stereocenters. The number of halogens is 1. The summed E-state index contributed by atoms with van der Waals surface area (Å²) in [5.74, 6) is -0.364. The maximum atomic E-state index is 13.4. The van der Waals surface area contributed by atoms with Gasteiger partial charge < -0.3 is 5.32 Å². The van der Waals surface area contributed by atoms with Crippen LogP contribution in [-0.4, -0.2) is 51.4 Å². The Kier molecular flexibility index (Phi) is 6.28. The van der Waals surface area contributed by atoms with Crippen molar-refractivity contribution in [1.29, 1.82) is 0 Å². The average molecular weight is 462 g/mol. The number of carbonyl (C=O) groups excluding carboxylic acids is 1. The van der Waals surface area contributed by atoms with Crippen LogP contribution in [-0.2, 0) is 16.4 Å². The molecule has 1 saturated carbocycles. The Bertz CT molecular complexity index is 1090. The fourth-order valence-corrected chi connectivity index (χ4v) is 5.81. The minimum Gasteiger partial charge on any atom is -0.350 e. The van der Waals surface area contributed by atoms with Crippen molar-refractivity contribution in [2.24, 2.45) is 0 Å². The Hall–Kier alpha value is -2.09. The van der Waals surface area contributed by atoms with Gasteiger partial charge in [0.15, 0.2) is 0 Å². The van der Waals surface area contributed by atoms with Crippen molar-refractivity contribution in [2.75, 3.05) is 24.4 Å². The maximum Gasteiger partial charge on any atom is 0.264 e. The predicted molar refractivity (Wildman–Crippen MR) is 123 cm³/mol. The van der Waals surface area contributed by atoms with E-state index in [1.165, 1.54) is 35.3 Å². The minimum atomic E-state index is -3.81. The fourth-order valence-electron chi connectivity index (χ4n) is 4.04. The number of hydrogen-bond acceptors (Lipinski definition) is 4. The van der Waals surface area contributed by atoms with Gasteiger partial charge in [-0.3, -0.25) is 14.0 Å². The molecule has 6 nitrogen and oxygen atoms in total. The largest absolute Gasteiger partial charge is 0.350 e. The van der Waals surface area contributed by atoms with Gasteiger partial charge in [-0.05, 0) is 69.5 Å². The zero-order valence-corrected chi connectivity index (χ0v) is 19.4. The molecule has 0 bridgehead atoms. The van der Waals surface area contributed by atoms with Gasteiger partial charge in [0.1, 0.15) is 0 Å². The average Bonchev–Trinajstić information content (AvgIpc) is 3.62. The number of rotatable bonds is 7. The van der Waals surface area contributed by atoms with Crippen molar-refractivity contribution in [2.45, 2.75) is 49.6 Å². The highest BCUT2D eigenvalue weighted by molar-refractivity contribution is 7.92. The Labute approximate surface area is 189 Å². The number of nitrogens with one attached hydrogen (secondary N) is 1. The minimum absolute atomic E-state index is 0.0712. The lowest BCUT2D eigenvalue weighted by Gasteiger charge is -2.30. The van der Waals surface area contributed by atoms with Crippen LogP contribution in [0.15, 0.2) is 47.4 Å². The number of sulfonamides is 1. The van der Waals surface area contributed by atoms with Crippen molar-refractivity contribution in [3.05, 3.63) is 58.6 Å². The Morgan fingerprint density at radius 3 is 2.74 bits per heavy atom. The molecule has 0 spiro atoms. The van der Waals surface area contributed by atoms with Gasteiger partial charge in [0.2, 0.25) is 0 Å². The third-order valence-corrected chi connectivity index (χ3v) is 8.35. The van der Waals surface area contributed by atoms with Crippen molar-refractivity contribution in [3.63, 3.8) is 0 Å². The quantitative estimate of drug-likeness (QED) is 0.682. The second-order valence-electron chi connectivity index (χ2n) is 8.41. The topological polar surface area (TPSA) is 69.7 Å². The van der Waals surface area contributed by atoms with E-state index in [0.29, 0.717) is 24.8 Å². The van der Waals surface area contributed by atoms with Crippen LogP contribution in [0.2, 0.25) is 5.02 Å². The van der Waals surface area contributed by atoms with Crippen molar-refractivity contribution in [3.8, 4) is 0 Å². The maximum absolute atomic E-state index is 13.4. The first-order chi connectivity index (χ1) is 14.8. The van der Waals surface area contributed by atoms with E-state index in [0.717, 1.165) is 18.4 Å². The summed E-state index contributed by atoms with van der Waals surface area (Å²) in [6.07, 6.45) is 3.99. The molecule has 1 aliphatic carbocycles. The highest BCUT2D eigenvalue weighted by Crippen LogP contribution is 2.33. The van der Waals surface area contributed by atoms with E-state index in [2.05, 4.69) is 24.2 Å². The lowest BCUT2D eigenvalue weighted by Crippen LogP contribution is -2.41. The molecule has 166 valence electrons. The number of aryl methyl sites for hydroxylation is 1. The van der Waals surface area contributed by atoms with Gasteiger partial charge in [0, 0.05) is 25.2 Å². The van der Waals surface area contributed by atoms with E-state index in [1.807, 2.05) is 24.3 Å². The van der Waals surface area contributed by atoms with Crippen LogP contribution < -0.4 is 9.62 Å². The van der Waals surface area contributed by atoms with Crippen LogP contribution in [0, 0.1) is 0 Å². The standard InChI is InChI=1S/C23H28ClN3O3S/c1-16(26(2)18-9-10-18)15-25-23(28)20-14-19(11-12-21(20)24)31(29,30)27-13-5-7-17-6-3-4-8-22(17)27/h3-4,6,8,11-12,14,16,18H,5,7,9-10,13,15H2,1-2H3,(H,25,28). The van der Waals surface area contributed by atoms with Crippen LogP contribution >= 0.6 is 11.6 Å². The Balaban J connectivity index is 1.55. The first-order valence-corrected chi connectivity index (χ1v) is 12.5. The number of anilines is 1. The second kappa shape index (κ2) is 8.81. The van der Waals surface area contributed by atoms with E-state index in [1.54, 1.807) is 0 Å². The normalized spacial score (nSPS) is 17.4. The molecule has 1 N–H and O–H groups in total. The molecule has 1 heterocycles. The molecule has 2 aromatic carbocycles. The fraction of sp³-hybridized carbons (Fsp3) is 0.435. The first-order valence-electron chi connectivity index (χ1n) is 10.7. The van der Waals surface area contributed by atoms with Crippen LogP contribution in [0.5, 0.6) is 0 Å². The van der Waals surface area contributed by atoms with Crippen molar-refractivity contribution >= 4 is 33.2 Å². The molecule has 2 aliphatic rings. The smallest absolute Gasteiger partial charge is 0.264 e. The highest BCUT2D eigenvalue weighted by atomic mass is 35.5. The summed E-state index contributed by atoms with van der Waals surface area (Å²) in [7, 11) is -1.75. The summed E-state index contributed by atoms with van der Waals surface area (Å²) >= 11 is 6.27. The van der Waals surface area contributed by atoms with Crippen LogP contribution in [0.25, 0.3) is 0 Å². The number of benzene rings is 2. The van der Waals surface area contributed by atoms with Gasteiger partial charge in [0.25, 0.3) is 15.9 Å². The first kappa shape index (κ1) is 22.1. The van der Waals surface area contributed by atoms with Gasteiger partial charge in [0.05, 0.1) is 21.2 Å². The molecule has 31 heavy (non-hydrogen) atoms. The molecule has 0 radical (unpaired) electrons. The molecule has 1 amide bonds. The molecule has 1 aliphatic heterocycles. The molecule has 1 unspecified atom stereocenters. The number of fused-ring (bicyclic) bond motifs is 1. The van der Waals surface area contributed by atoms with E-state index < -0.39 is 10.0 Å². The Morgan fingerprint density at radius 2 is 2.00 bits per heavy atom. The van der Waals surface area contributed by atoms with Crippen LogP contribution in [0.1, 0.15) is 42.1 Å². The van der Waals surface area contributed by atoms with Crippen LogP contribution in [0.4, 0.5) is 5.69 Å².